The van der Waals surface area contributed by atoms with Gasteiger partial charge in [-0.3, -0.25) is 10.4 Å². The summed E-state index contributed by atoms with van der Waals surface area (Å²) in [7, 11) is 1.65. The normalized spacial score (nSPS) is 10.1. The predicted molar refractivity (Wildman–Crippen MR) is 57.9 cm³/mol. The summed E-state index contributed by atoms with van der Waals surface area (Å²) in [6.45, 7) is 3.88. The first-order chi connectivity index (χ1) is 6.86. The Bertz CT molecular complexity index is 306. The first kappa shape index (κ1) is 10.2. The van der Waals surface area contributed by atoms with Crippen molar-refractivity contribution in [3.05, 3.63) is 29.8 Å². The Balaban J connectivity index is 2.47. The van der Waals surface area contributed by atoms with Crippen LogP contribution in [0.3, 0.4) is 0 Å². The van der Waals surface area contributed by atoms with Crippen LogP contribution >= 0.6 is 0 Å². The van der Waals surface area contributed by atoms with E-state index in [1.165, 1.54) is 6.34 Å². The summed E-state index contributed by atoms with van der Waals surface area (Å²) in [5.74, 6) is 0.851. The fourth-order valence-electron chi connectivity index (χ4n) is 0.964. The largest absolute Gasteiger partial charge is 0.497 e. The molecular weight excluding hydrogens is 178 g/mol. The molecule has 1 rings (SSSR count). The molecule has 0 radical (unpaired) electrons. The number of methoxy groups -OCH3 is 1. The molecule has 74 valence electrons. The summed E-state index contributed by atoms with van der Waals surface area (Å²) in [5, 5.41) is 3.42. The molecule has 0 saturated heterocycles. The van der Waals surface area contributed by atoms with Crippen LogP contribution in [0.2, 0.25) is 0 Å². The molecule has 0 atom stereocenters. The van der Waals surface area contributed by atoms with Crippen LogP contribution in [0.4, 0.5) is 0 Å². The number of hydrogen-bond donors (Lipinski definition) is 1. The third-order valence-electron chi connectivity index (χ3n) is 1.67. The highest BCUT2D eigenvalue weighted by molar-refractivity contribution is 5.54. The third-order valence-corrected chi connectivity index (χ3v) is 1.67. The van der Waals surface area contributed by atoms with Crippen molar-refractivity contribution >= 4 is 13.1 Å². The predicted octanol–water partition coefficient (Wildman–Crippen LogP) is 1.43. The molecule has 0 aromatic heterocycles. The summed E-state index contributed by atoms with van der Waals surface area (Å²) in [5.41, 5.74) is 3.66. The van der Waals surface area contributed by atoms with E-state index in [4.69, 9.17) is 4.74 Å². The zero-order chi connectivity index (χ0) is 10.2. The molecule has 0 aliphatic carbocycles. The van der Waals surface area contributed by atoms with Gasteiger partial charge in [-0.05, 0) is 17.7 Å². The molecule has 1 aromatic rings. The molecule has 0 aliphatic rings. The maximum absolute atomic E-state index is 5.04. The van der Waals surface area contributed by atoms with E-state index in [-0.39, 0.29) is 0 Å². The van der Waals surface area contributed by atoms with Crippen LogP contribution in [0.25, 0.3) is 0 Å². The van der Waals surface area contributed by atoms with E-state index in [0.29, 0.717) is 6.54 Å². The Hall–Kier alpha value is -1.84. The van der Waals surface area contributed by atoms with Crippen LogP contribution < -0.4 is 10.2 Å². The number of rotatable bonds is 5. The zero-order valence-corrected chi connectivity index (χ0v) is 8.10. The van der Waals surface area contributed by atoms with Crippen molar-refractivity contribution in [1.29, 1.82) is 0 Å². The van der Waals surface area contributed by atoms with E-state index in [2.05, 4.69) is 22.2 Å². The van der Waals surface area contributed by atoms with Gasteiger partial charge in [0.2, 0.25) is 0 Å². The van der Waals surface area contributed by atoms with E-state index < -0.39 is 0 Å². The van der Waals surface area contributed by atoms with Gasteiger partial charge in [-0.25, -0.2) is 0 Å². The first-order valence-corrected chi connectivity index (χ1v) is 4.19. The highest BCUT2D eigenvalue weighted by Crippen LogP contribution is 2.11. The van der Waals surface area contributed by atoms with E-state index in [1.807, 2.05) is 24.3 Å². The molecule has 4 heteroatoms. The van der Waals surface area contributed by atoms with Crippen molar-refractivity contribution in [3.8, 4) is 5.75 Å². The van der Waals surface area contributed by atoms with Crippen LogP contribution in [0, 0.1) is 0 Å². The molecule has 0 aliphatic heterocycles. The van der Waals surface area contributed by atoms with Crippen molar-refractivity contribution in [2.24, 2.45) is 10.1 Å². The number of hydrogen-bond acceptors (Lipinski definition) is 3. The maximum Gasteiger partial charge on any atom is 0.118 e. The van der Waals surface area contributed by atoms with Gasteiger partial charge in [0.25, 0.3) is 0 Å². The Labute approximate surface area is 83.3 Å². The van der Waals surface area contributed by atoms with Gasteiger partial charge in [-0.1, -0.05) is 12.1 Å². The van der Waals surface area contributed by atoms with Gasteiger partial charge in [-0.15, -0.1) is 0 Å². The summed E-state index contributed by atoms with van der Waals surface area (Å²) >= 11 is 0. The van der Waals surface area contributed by atoms with Crippen LogP contribution in [0.5, 0.6) is 5.75 Å². The molecule has 0 fully saturated rings. The number of aliphatic imine (C=N–C) groups is 1. The van der Waals surface area contributed by atoms with Gasteiger partial charge in [0.05, 0.1) is 13.7 Å². The van der Waals surface area contributed by atoms with Crippen molar-refractivity contribution in [2.75, 3.05) is 7.11 Å². The Morgan fingerprint density at radius 1 is 1.43 bits per heavy atom. The molecule has 4 nitrogen and oxygen atoms in total. The van der Waals surface area contributed by atoms with E-state index in [9.17, 15) is 0 Å². The molecule has 0 bridgehead atoms. The second kappa shape index (κ2) is 5.75. The fourth-order valence-corrected chi connectivity index (χ4v) is 0.964. The first-order valence-electron chi connectivity index (χ1n) is 4.19. The highest BCUT2D eigenvalue weighted by Gasteiger charge is 1.91. The molecule has 0 saturated carbocycles. The lowest BCUT2D eigenvalue weighted by Crippen LogP contribution is -1.99. The standard InChI is InChI=1S/C10H13N3O/c1-11-13-8-12-7-9-3-5-10(14-2)6-4-9/h3-6,8H,1,7H2,2H3,(H,12,13). The quantitative estimate of drug-likeness (QED) is 0.434. The molecule has 0 unspecified atom stereocenters. The second-order valence-corrected chi connectivity index (χ2v) is 2.61. The summed E-state index contributed by atoms with van der Waals surface area (Å²) in [4.78, 5) is 4.08. The number of ether oxygens (including phenoxy) is 1. The van der Waals surface area contributed by atoms with Gasteiger partial charge in [0, 0.05) is 6.72 Å². The monoisotopic (exact) mass is 191 g/mol. The number of benzene rings is 1. The second-order valence-electron chi connectivity index (χ2n) is 2.61. The number of hydrazone groups is 1. The average molecular weight is 191 g/mol. The summed E-state index contributed by atoms with van der Waals surface area (Å²) in [6, 6.07) is 7.75. The molecule has 1 N–H and O–H groups in total. The van der Waals surface area contributed by atoms with Crippen molar-refractivity contribution in [1.82, 2.24) is 5.43 Å². The van der Waals surface area contributed by atoms with Crippen LogP contribution in [-0.2, 0) is 6.54 Å². The molecule has 1 aromatic carbocycles. The van der Waals surface area contributed by atoms with Crippen LogP contribution in [0.1, 0.15) is 5.56 Å². The van der Waals surface area contributed by atoms with E-state index in [1.54, 1.807) is 7.11 Å². The lowest BCUT2D eigenvalue weighted by atomic mass is 10.2. The molecule has 0 spiro atoms. The van der Waals surface area contributed by atoms with Crippen LogP contribution in [-0.4, -0.2) is 20.2 Å². The van der Waals surface area contributed by atoms with Gasteiger partial charge in [0.15, 0.2) is 0 Å². The van der Waals surface area contributed by atoms with Gasteiger partial charge >= 0.3 is 0 Å². The van der Waals surface area contributed by atoms with E-state index in [0.717, 1.165) is 11.3 Å². The lowest BCUT2D eigenvalue weighted by molar-refractivity contribution is 0.414. The average Bonchev–Trinajstić information content (AvgIpc) is 2.25. The van der Waals surface area contributed by atoms with Crippen LogP contribution in [0.15, 0.2) is 34.4 Å². The minimum atomic E-state index is 0.618. The molecule has 0 amide bonds. The maximum atomic E-state index is 5.04. The molecular formula is C10H13N3O. The van der Waals surface area contributed by atoms with E-state index >= 15 is 0 Å². The van der Waals surface area contributed by atoms with Crippen molar-refractivity contribution < 1.29 is 4.74 Å². The highest BCUT2D eigenvalue weighted by atomic mass is 16.5. The Kier molecular flexibility index (Phi) is 4.20. The summed E-state index contributed by atoms with van der Waals surface area (Å²) in [6.07, 6.45) is 1.51. The third kappa shape index (κ3) is 3.26. The minimum Gasteiger partial charge on any atom is -0.497 e. The number of nitrogens with one attached hydrogen (secondary N) is 1. The molecule has 14 heavy (non-hydrogen) atoms. The topological polar surface area (TPSA) is 46.0 Å². The minimum absolute atomic E-state index is 0.618. The smallest absolute Gasteiger partial charge is 0.118 e. The van der Waals surface area contributed by atoms with Crippen molar-refractivity contribution in [2.45, 2.75) is 6.54 Å². The zero-order valence-electron chi connectivity index (χ0n) is 8.10. The fraction of sp³-hybridized carbons (Fsp3) is 0.200. The van der Waals surface area contributed by atoms with Gasteiger partial charge in [0.1, 0.15) is 12.1 Å². The lowest BCUT2D eigenvalue weighted by Gasteiger charge is -2.00. The summed E-state index contributed by atoms with van der Waals surface area (Å²) < 4.78 is 5.04. The SMILES string of the molecule is C=NNC=NCc1ccc(OC)cc1. The molecule has 0 heterocycles. The number of nitrogens with zero attached hydrogens (tertiary/aromatic N) is 2. The Morgan fingerprint density at radius 3 is 2.71 bits per heavy atom. The van der Waals surface area contributed by atoms with Gasteiger partial charge in [-0.2, -0.15) is 5.10 Å². The van der Waals surface area contributed by atoms with Crippen molar-refractivity contribution in [3.63, 3.8) is 0 Å². The van der Waals surface area contributed by atoms with Gasteiger partial charge < -0.3 is 4.74 Å². The Morgan fingerprint density at radius 2 is 2.14 bits per heavy atom.